The first-order chi connectivity index (χ1) is 14.0. The molecule has 1 aromatic heterocycles. The van der Waals surface area contributed by atoms with E-state index in [1.807, 2.05) is 38.1 Å². The molecule has 0 saturated heterocycles. The number of ether oxygens (including phenoxy) is 1. The summed E-state index contributed by atoms with van der Waals surface area (Å²) in [5.74, 6) is 0.671. The average Bonchev–Trinajstić information content (AvgIpc) is 3.24. The van der Waals surface area contributed by atoms with Crippen LogP contribution in [0.15, 0.2) is 65.3 Å². The van der Waals surface area contributed by atoms with Crippen molar-refractivity contribution in [3.8, 4) is 5.75 Å². The Kier molecular flexibility index (Phi) is 6.68. The molecule has 0 aliphatic rings. The molecule has 2 aromatic carbocycles. The number of benzene rings is 2. The van der Waals surface area contributed by atoms with Gasteiger partial charge in [-0.2, -0.15) is 0 Å². The molecule has 0 radical (unpaired) electrons. The Bertz CT molecular complexity index is 963. The van der Waals surface area contributed by atoms with E-state index in [1.165, 1.54) is 11.8 Å². The number of carbonyl (C=O) groups is 2. The minimum Gasteiger partial charge on any atom is -0.493 e. The first kappa shape index (κ1) is 20.2. The molecule has 0 unspecified atom stereocenters. The highest BCUT2D eigenvalue weighted by atomic mass is 16.5. The molecule has 3 rings (SSSR count). The second-order valence-corrected chi connectivity index (χ2v) is 6.77. The highest BCUT2D eigenvalue weighted by Crippen LogP contribution is 2.18. The molecule has 0 saturated carbocycles. The molecule has 0 spiro atoms. The van der Waals surface area contributed by atoms with Crippen molar-refractivity contribution in [1.29, 1.82) is 0 Å². The van der Waals surface area contributed by atoms with Crippen LogP contribution in [0.25, 0.3) is 0 Å². The molecule has 0 aliphatic carbocycles. The Morgan fingerprint density at radius 2 is 1.83 bits per heavy atom. The van der Waals surface area contributed by atoms with Gasteiger partial charge in [-0.05, 0) is 55.3 Å². The van der Waals surface area contributed by atoms with Crippen molar-refractivity contribution in [3.05, 3.63) is 83.3 Å². The quantitative estimate of drug-likeness (QED) is 0.601. The zero-order valence-electron chi connectivity index (χ0n) is 16.5. The molecule has 1 heterocycles. The van der Waals surface area contributed by atoms with Gasteiger partial charge in [-0.25, -0.2) is 0 Å². The van der Waals surface area contributed by atoms with Gasteiger partial charge >= 0.3 is 0 Å². The van der Waals surface area contributed by atoms with Gasteiger partial charge in [0.2, 0.25) is 5.91 Å². The van der Waals surface area contributed by atoms with E-state index in [2.05, 4.69) is 16.7 Å². The molecule has 3 aromatic rings. The lowest BCUT2D eigenvalue weighted by atomic mass is 10.1. The molecular formula is C23H24N2O4. The summed E-state index contributed by atoms with van der Waals surface area (Å²) < 4.78 is 10.7. The number of nitrogens with one attached hydrogen (secondary N) is 2. The SMILES string of the molecule is Cc1ccc(OCCC(=O)NCc2ccc(NC(=O)c3ccco3)cc2)c(C)c1. The lowest BCUT2D eigenvalue weighted by Gasteiger charge is -2.10. The van der Waals surface area contributed by atoms with E-state index in [0.717, 1.165) is 16.9 Å². The largest absolute Gasteiger partial charge is 0.493 e. The normalized spacial score (nSPS) is 10.4. The van der Waals surface area contributed by atoms with E-state index in [4.69, 9.17) is 9.15 Å². The van der Waals surface area contributed by atoms with Crippen molar-refractivity contribution < 1.29 is 18.7 Å². The molecule has 2 amide bonds. The minimum atomic E-state index is -0.306. The third-order valence-electron chi connectivity index (χ3n) is 4.36. The molecule has 2 N–H and O–H groups in total. The standard InChI is InChI=1S/C23H24N2O4/c1-16-5-10-20(17(2)14-16)29-13-11-22(26)24-15-18-6-8-19(9-7-18)25-23(27)21-4-3-12-28-21/h3-10,12,14H,11,13,15H2,1-2H3,(H,24,26)(H,25,27). The maximum atomic E-state index is 12.0. The second kappa shape index (κ2) is 9.59. The van der Waals surface area contributed by atoms with Gasteiger partial charge in [0.25, 0.3) is 5.91 Å². The number of hydrogen-bond acceptors (Lipinski definition) is 4. The summed E-state index contributed by atoms with van der Waals surface area (Å²) in [6.07, 6.45) is 1.73. The number of rotatable bonds is 8. The highest BCUT2D eigenvalue weighted by molar-refractivity contribution is 6.02. The van der Waals surface area contributed by atoms with E-state index in [0.29, 0.717) is 18.8 Å². The lowest BCUT2D eigenvalue weighted by molar-refractivity contribution is -0.121. The second-order valence-electron chi connectivity index (χ2n) is 6.77. The molecule has 150 valence electrons. The molecule has 29 heavy (non-hydrogen) atoms. The van der Waals surface area contributed by atoms with E-state index in [-0.39, 0.29) is 24.0 Å². The van der Waals surface area contributed by atoms with Gasteiger partial charge in [-0.15, -0.1) is 0 Å². The van der Waals surface area contributed by atoms with Crippen molar-refractivity contribution in [2.75, 3.05) is 11.9 Å². The van der Waals surface area contributed by atoms with E-state index < -0.39 is 0 Å². The van der Waals surface area contributed by atoms with Gasteiger partial charge in [-0.1, -0.05) is 29.8 Å². The topological polar surface area (TPSA) is 80.6 Å². The van der Waals surface area contributed by atoms with Gasteiger partial charge in [-0.3, -0.25) is 9.59 Å². The van der Waals surface area contributed by atoms with E-state index in [9.17, 15) is 9.59 Å². The fraction of sp³-hybridized carbons (Fsp3) is 0.217. The van der Waals surface area contributed by atoms with Crippen LogP contribution < -0.4 is 15.4 Å². The predicted molar refractivity (Wildman–Crippen MR) is 111 cm³/mol. The minimum absolute atomic E-state index is 0.0787. The summed E-state index contributed by atoms with van der Waals surface area (Å²) in [6, 6.07) is 16.5. The van der Waals surface area contributed by atoms with Crippen LogP contribution in [-0.2, 0) is 11.3 Å². The highest BCUT2D eigenvalue weighted by Gasteiger charge is 2.09. The van der Waals surface area contributed by atoms with Crippen LogP contribution in [0.1, 0.15) is 33.7 Å². The Balaban J connectivity index is 1.40. The maximum absolute atomic E-state index is 12.0. The summed E-state index contributed by atoms with van der Waals surface area (Å²) in [5.41, 5.74) is 3.83. The number of carbonyl (C=O) groups excluding carboxylic acids is 2. The van der Waals surface area contributed by atoms with Crippen molar-refractivity contribution in [2.24, 2.45) is 0 Å². The summed E-state index contributed by atoms with van der Waals surface area (Å²) in [7, 11) is 0. The zero-order chi connectivity index (χ0) is 20.6. The Hall–Kier alpha value is -3.54. The molecule has 0 bridgehead atoms. The first-order valence-electron chi connectivity index (χ1n) is 9.42. The van der Waals surface area contributed by atoms with Crippen LogP contribution in [0.3, 0.4) is 0 Å². The van der Waals surface area contributed by atoms with Gasteiger partial charge in [0, 0.05) is 12.2 Å². The lowest BCUT2D eigenvalue weighted by Crippen LogP contribution is -2.24. The molecular weight excluding hydrogens is 368 g/mol. The third kappa shape index (κ3) is 5.97. The Morgan fingerprint density at radius 1 is 1.03 bits per heavy atom. The van der Waals surface area contributed by atoms with Crippen LogP contribution in [0.4, 0.5) is 5.69 Å². The van der Waals surface area contributed by atoms with Crippen LogP contribution in [0.5, 0.6) is 5.75 Å². The molecule has 0 atom stereocenters. The number of amides is 2. The Morgan fingerprint density at radius 3 is 2.52 bits per heavy atom. The van der Waals surface area contributed by atoms with Crippen molar-refractivity contribution in [1.82, 2.24) is 5.32 Å². The van der Waals surface area contributed by atoms with Crippen molar-refractivity contribution >= 4 is 17.5 Å². The molecule has 6 heteroatoms. The van der Waals surface area contributed by atoms with Gasteiger partial charge in [0.05, 0.1) is 19.3 Å². The van der Waals surface area contributed by atoms with E-state index >= 15 is 0 Å². The zero-order valence-corrected chi connectivity index (χ0v) is 16.5. The third-order valence-corrected chi connectivity index (χ3v) is 4.36. The molecule has 6 nitrogen and oxygen atoms in total. The number of anilines is 1. The van der Waals surface area contributed by atoms with Gasteiger partial charge in [0.1, 0.15) is 5.75 Å². The monoisotopic (exact) mass is 392 g/mol. The smallest absolute Gasteiger partial charge is 0.291 e. The summed E-state index contributed by atoms with van der Waals surface area (Å²) in [4.78, 5) is 24.0. The first-order valence-corrected chi connectivity index (χ1v) is 9.42. The average molecular weight is 392 g/mol. The summed E-state index contributed by atoms with van der Waals surface area (Å²) in [5, 5.41) is 5.62. The van der Waals surface area contributed by atoms with Gasteiger partial charge in [0.15, 0.2) is 5.76 Å². The number of hydrogen-bond donors (Lipinski definition) is 2. The fourth-order valence-electron chi connectivity index (χ4n) is 2.81. The van der Waals surface area contributed by atoms with Crippen LogP contribution >= 0.6 is 0 Å². The van der Waals surface area contributed by atoms with Crippen LogP contribution in [0, 0.1) is 13.8 Å². The fourth-order valence-corrected chi connectivity index (χ4v) is 2.81. The number of furan rings is 1. The Labute approximate surface area is 169 Å². The van der Waals surface area contributed by atoms with Crippen molar-refractivity contribution in [3.63, 3.8) is 0 Å². The number of aryl methyl sites for hydroxylation is 2. The van der Waals surface area contributed by atoms with Crippen LogP contribution in [0.2, 0.25) is 0 Å². The van der Waals surface area contributed by atoms with Gasteiger partial charge < -0.3 is 19.8 Å². The van der Waals surface area contributed by atoms with Crippen LogP contribution in [-0.4, -0.2) is 18.4 Å². The molecule has 0 fully saturated rings. The molecule has 0 aliphatic heterocycles. The van der Waals surface area contributed by atoms with Crippen molar-refractivity contribution in [2.45, 2.75) is 26.8 Å². The predicted octanol–water partition coefficient (Wildman–Crippen LogP) is 4.23. The van der Waals surface area contributed by atoms with E-state index in [1.54, 1.807) is 24.3 Å². The summed E-state index contributed by atoms with van der Waals surface area (Å²) >= 11 is 0. The maximum Gasteiger partial charge on any atom is 0.291 e. The summed E-state index contributed by atoms with van der Waals surface area (Å²) in [6.45, 7) is 4.76.